The van der Waals surface area contributed by atoms with Crippen LogP contribution in [0, 0.1) is 0 Å². The number of rotatable bonds is 4. The van der Waals surface area contributed by atoms with Gasteiger partial charge in [-0.2, -0.15) is 0 Å². The van der Waals surface area contributed by atoms with Gasteiger partial charge in [-0.15, -0.1) is 0 Å². The summed E-state index contributed by atoms with van der Waals surface area (Å²) >= 11 is 0. The second-order valence-corrected chi connectivity index (χ2v) is 3.03. The summed E-state index contributed by atoms with van der Waals surface area (Å²) in [5.74, 6) is 1.26. The van der Waals surface area contributed by atoms with Crippen molar-refractivity contribution in [1.82, 2.24) is 9.88 Å². The molecule has 0 amide bonds. The molecule has 12 heavy (non-hydrogen) atoms. The van der Waals surface area contributed by atoms with Crippen molar-refractivity contribution in [2.24, 2.45) is 5.73 Å². The van der Waals surface area contributed by atoms with Gasteiger partial charge in [0.15, 0.2) is 6.39 Å². The van der Waals surface area contributed by atoms with Gasteiger partial charge in [-0.05, 0) is 7.05 Å². The second-order valence-electron chi connectivity index (χ2n) is 3.03. The molecule has 0 aliphatic rings. The zero-order chi connectivity index (χ0) is 8.97. The van der Waals surface area contributed by atoms with E-state index < -0.39 is 0 Å². The Morgan fingerprint density at radius 1 is 1.75 bits per heavy atom. The van der Waals surface area contributed by atoms with Crippen LogP contribution in [0.4, 0.5) is 0 Å². The first kappa shape index (κ1) is 9.22. The van der Waals surface area contributed by atoms with E-state index in [1.807, 2.05) is 11.9 Å². The Morgan fingerprint density at radius 3 is 3.00 bits per heavy atom. The summed E-state index contributed by atoms with van der Waals surface area (Å²) in [6.07, 6.45) is 3.20. The van der Waals surface area contributed by atoms with Gasteiger partial charge in [0.2, 0.25) is 0 Å². The van der Waals surface area contributed by atoms with Crippen molar-refractivity contribution in [2.75, 3.05) is 20.3 Å². The number of aromatic nitrogens is 1. The van der Waals surface area contributed by atoms with E-state index >= 15 is 0 Å². The van der Waals surface area contributed by atoms with Gasteiger partial charge in [0, 0.05) is 19.1 Å². The van der Waals surface area contributed by atoms with Crippen molar-refractivity contribution >= 4 is 0 Å². The molecule has 0 radical (unpaired) electrons. The topological polar surface area (TPSA) is 55.3 Å². The third kappa shape index (κ3) is 2.32. The molecule has 4 heteroatoms. The fraction of sp³-hybridized carbons (Fsp3) is 0.625. The van der Waals surface area contributed by atoms with Gasteiger partial charge in [-0.25, -0.2) is 4.98 Å². The molecule has 1 aromatic heterocycles. The van der Waals surface area contributed by atoms with Gasteiger partial charge in [-0.3, -0.25) is 4.90 Å². The lowest BCUT2D eigenvalue weighted by molar-refractivity contribution is 0.308. The van der Waals surface area contributed by atoms with E-state index in [2.05, 4.69) is 11.9 Å². The highest BCUT2D eigenvalue weighted by Gasteiger charge is 2.10. The minimum atomic E-state index is 0.348. The van der Waals surface area contributed by atoms with E-state index in [4.69, 9.17) is 10.2 Å². The smallest absolute Gasteiger partial charge is 0.180 e. The molecule has 1 heterocycles. The van der Waals surface area contributed by atoms with Crippen LogP contribution in [0.5, 0.6) is 0 Å². The van der Waals surface area contributed by atoms with Crippen LogP contribution in [0.25, 0.3) is 0 Å². The SMILES string of the molecule is CC(CN(C)CN)c1cnco1. The first-order valence-electron chi connectivity index (χ1n) is 4.01. The molecule has 4 nitrogen and oxygen atoms in total. The van der Waals surface area contributed by atoms with Crippen molar-refractivity contribution in [1.29, 1.82) is 0 Å². The largest absolute Gasteiger partial charge is 0.448 e. The van der Waals surface area contributed by atoms with Gasteiger partial charge in [0.05, 0.1) is 6.20 Å². The molecular formula is C8H15N3O. The molecule has 0 aliphatic heterocycles. The number of hydrogen-bond acceptors (Lipinski definition) is 4. The third-order valence-electron chi connectivity index (χ3n) is 1.83. The summed E-state index contributed by atoms with van der Waals surface area (Å²) in [5, 5.41) is 0. The maximum atomic E-state index is 5.45. The molecule has 0 fully saturated rings. The molecule has 68 valence electrons. The predicted molar refractivity (Wildman–Crippen MR) is 46.6 cm³/mol. The predicted octanol–water partition coefficient (Wildman–Crippen LogP) is 0.626. The summed E-state index contributed by atoms with van der Waals surface area (Å²) in [5.41, 5.74) is 5.45. The first-order valence-corrected chi connectivity index (χ1v) is 4.01. The van der Waals surface area contributed by atoms with Crippen molar-refractivity contribution in [2.45, 2.75) is 12.8 Å². The summed E-state index contributed by atoms with van der Waals surface area (Å²) in [6.45, 7) is 3.55. The number of likely N-dealkylation sites (N-methyl/N-ethyl adjacent to an activating group) is 1. The van der Waals surface area contributed by atoms with Gasteiger partial charge in [-0.1, -0.05) is 6.92 Å². The zero-order valence-corrected chi connectivity index (χ0v) is 7.53. The van der Waals surface area contributed by atoms with Crippen LogP contribution in [0.1, 0.15) is 18.6 Å². The maximum Gasteiger partial charge on any atom is 0.180 e. The maximum absolute atomic E-state index is 5.45. The second kappa shape index (κ2) is 4.23. The van der Waals surface area contributed by atoms with Crippen molar-refractivity contribution in [3.63, 3.8) is 0 Å². The third-order valence-corrected chi connectivity index (χ3v) is 1.83. The molecule has 0 aromatic carbocycles. The Hall–Kier alpha value is -0.870. The van der Waals surface area contributed by atoms with Crippen LogP contribution < -0.4 is 5.73 Å². The van der Waals surface area contributed by atoms with Crippen LogP contribution in [0.2, 0.25) is 0 Å². The molecule has 1 unspecified atom stereocenters. The molecule has 2 N–H and O–H groups in total. The van der Waals surface area contributed by atoms with Crippen LogP contribution in [-0.4, -0.2) is 30.1 Å². The Bertz CT molecular complexity index is 210. The average molecular weight is 169 g/mol. The molecule has 0 saturated heterocycles. The first-order chi connectivity index (χ1) is 5.74. The molecule has 0 spiro atoms. The molecule has 1 rings (SSSR count). The summed E-state index contributed by atoms with van der Waals surface area (Å²) in [4.78, 5) is 5.89. The number of nitrogens with zero attached hydrogens (tertiary/aromatic N) is 2. The highest BCUT2D eigenvalue weighted by atomic mass is 16.3. The number of hydrogen-bond donors (Lipinski definition) is 1. The lowest BCUT2D eigenvalue weighted by Crippen LogP contribution is -2.29. The highest BCUT2D eigenvalue weighted by molar-refractivity contribution is 4.97. The highest BCUT2D eigenvalue weighted by Crippen LogP contribution is 2.14. The Balaban J connectivity index is 2.44. The van der Waals surface area contributed by atoms with E-state index in [1.165, 1.54) is 6.39 Å². The lowest BCUT2D eigenvalue weighted by atomic mass is 10.1. The Morgan fingerprint density at radius 2 is 2.50 bits per heavy atom. The fourth-order valence-electron chi connectivity index (χ4n) is 1.10. The van der Waals surface area contributed by atoms with Gasteiger partial charge in [0.25, 0.3) is 0 Å². The van der Waals surface area contributed by atoms with Crippen molar-refractivity contribution in [3.8, 4) is 0 Å². The molecule has 1 aromatic rings. The van der Waals surface area contributed by atoms with Crippen LogP contribution >= 0.6 is 0 Å². The van der Waals surface area contributed by atoms with E-state index in [0.717, 1.165) is 12.3 Å². The fourth-order valence-corrected chi connectivity index (χ4v) is 1.10. The molecule has 0 aliphatic carbocycles. The number of nitrogens with two attached hydrogens (primary N) is 1. The van der Waals surface area contributed by atoms with E-state index in [0.29, 0.717) is 12.6 Å². The standard InChI is InChI=1S/C8H15N3O/c1-7(4-11(2)5-9)8-3-10-6-12-8/h3,6-7H,4-5,9H2,1-2H3. The minimum Gasteiger partial charge on any atom is -0.448 e. The molecule has 1 atom stereocenters. The summed E-state index contributed by atoms with van der Waals surface area (Å²) in [6, 6.07) is 0. The van der Waals surface area contributed by atoms with Gasteiger partial charge < -0.3 is 10.2 Å². The van der Waals surface area contributed by atoms with Crippen LogP contribution in [0.15, 0.2) is 17.0 Å². The number of oxazole rings is 1. The Labute approximate surface area is 72.4 Å². The van der Waals surface area contributed by atoms with E-state index in [9.17, 15) is 0 Å². The summed E-state index contributed by atoms with van der Waals surface area (Å²) < 4.78 is 5.16. The molecule has 0 bridgehead atoms. The monoisotopic (exact) mass is 169 g/mol. The van der Waals surface area contributed by atoms with E-state index in [1.54, 1.807) is 6.20 Å². The zero-order valence-electron chi connectivity index (χ0n) is 7.53. The van der Waals surface area contributed by atoms with Gasteiger partial charge in [0.1, 0.15) is 5.76 Å². The molecule has 0 saturated carbocycles. The van der Waals surface area contributed by atoms with Gasteiger partial charge >= 0.3 is 0 Å². The lowest BCUT2D eigenvalue weighted by Gasteiger charge is -2.17. The van der Waals surface area contributed by atoms with Crippen LogP contribution in [0.3, 0.4) is 0 Å². The van der Waals surface area contributed by atoms with Crippen molar-refractivity contribution in [3.05, 3.63) is 18.4 Å². The Kier molecular flexibility index (Phi) is 3.25. The minimum absolute atomic E-state index is 0.348. The van der Waals surface area contributed by atoms with E-state index in [-0.39, 0.29) is 0 Å². The van der Waals surface area contributed by atoms with Crippen LogP contribution in [-0.2, 0) is 0 Å². The van der Waals surface area contributed by atoms with Crippen molar-refractivity contribution < 1.29 is 4.42 Å². The quantitative estimate of drug-likeness (QED) is 0.671. The molecular weight excluding hydrogens is 154 g/mol. The summed E-state index contributed by atoms with van der Waals surface area (Å²) in [7, 11) is 1.98. The normalized spacial score (nSPS) is 13.7. The average Bonchev–Trinajstić information content (AvgIpc) is 2.56.